The molecule has 1 aliphatic heterocycles. The molecule has 0 radical (unpaired) electrons. The number of sulfone groups is 1. The van der Waals surface area contributed by atoms with Crippen LogP contribution in [-0.2, 0) is 21.2 Å². The second-order valence-electron chi connectivity index (χ2n) is 7.14. The third-order valence-electron chi connectivity index (χ3n) is 4.98. The number of carbonyl (C=O) groups excluding carboxylic acids is 1. The highest BCUT2D eigenvalue weighted by molar-refractivity contribution is 7.91. The van der Waals surface area contributed by atoms with Gasteiger partial charge in [-0.25, -0.2) is 12.8 Å². The van der Waals surface area contributed by atoms with Crippen LogP contribution in [0.1, 0.15) is 17.9 Å². The number of hydrogen-bond acceptors (Lipinski definition) is 5. The van der Waals surface area contributed by atoms with Crippen LogP contribution in [-0.4, -0.2) is 36.8 Å². The van der Waals surface area contributed by atoms with Crippen LogP contribution >= 0.6 is 0 Å². The second kappa shape index (κ2) is 8.31. The topological polar surface area (TPSA) is 80.7 Å². The van der Waals surface area contributed by atoms with E-state index >= 15 is 0 Å². The Labute approximate surface area is 173 Å². The van der Waals surface area contributed by atoms with Crippen molar-refractivity contribution in [2.45, 2.75) is 19.0 Å². The van der Waals surface area contributed by atoms with E-state index in [0.29, 0.717) is 29.3 Å². The average molecular weight is 429 g/mol. The number of rotatable bonds is 6. The third-order valence-corrected chi connectivity index (χ3v) is 6.73. The first-order valence-electron chi connectivity index (χ1n) is 9.47. The molecule has 1 saturated heterocycles. The maximum absolute atomic E-state index is 13.1. The molecule has 156 valence electrons. The number of furan rings is 2. The number of carbonyl (C=O) groups is 1. The zero-order valence-corrected chi connectivity index (χ0v) is 16.8. The van der Waals surface area contributed by atoms with Crippen molar-refractivity contribution >= 4 is 21.8 Å². The second-order valence-corrected chi connectivity index (χ2v) is 9.37. The van der Waals surface area contributed by atoms with E-state index in [1.807, 2.05) is 0 Å². The molecule has 3 heterocycles. The molecule has 1 fully saturated rings. The highest BCUT2D eigenvalue weighted by Gasteiger charge is 2.34. The first kappa shape index (κ1) is 20.2. The zero-order chi connectivity index (χ0) is 21.1. The number of halogens is 1. The Kier molecular flexibility index (Phi) is 5.59. The third kappa shape index (κ3) is 4.71. The maximum atomic E-state index is 13.1. The largest absolute Gasteiger partial charge is 0.465 e. The highest BCUT2D eigenvalue weighted by Crippen LogP contribution is 2.26. The number of benzene rings is 1. The molecule has 0 N–H and O–H groups in total. The van der Waals surface area contributed by atoms with Gasteiger partial charge >= 0.3 is 0 Å². The summed E-state index contributed by atoms with van der Waals surface area (Å²) in [6.07, 6.45) is 4.80. The maximum Gasteiger partial charge on any atom is 0.247 e. The first-order chi connectivity index (χ1) is 14.4. The van der Waals surface area contributed by atoms with E-state index < -0.39 is 15.9 Å². The van der Waals surface area contributed by atoms with Crippen molar-refractivity contribution in [1.82, 2.24) is 4.90 Å². The monoisotopic (exact) mass is 429 g/mol. The molecule has 1 atom stereocenters. The van der Waals surface area contributed by atoms with Crippen molar-refractivity contribution in [2.75, 3.05) is 11.5 Å². The first-order valence-corrected chi connectivity index (χ1v) is 11.3. The van der Waals surface area contributed by atoms with Gasteiger partial charge in [-0.05, 0) is 61.0 Å². The molecule has 1 aliphatic rings. The Bertz CT molecular complexity index is 1150. The van der Waals surface area contributed by atoms with E-state index in [1.165, 1.54) is 29.4 Å². The van der Waals surface area contributed by atoms with E-state index in [4.69, 9.17) is 8.83 Å². The van der Waals surface area contributed by atoms with Crippen molar-refractivity contribution in [3.63, 3.8) is 0 Å². The van der Waals surface area contributed by atoms with Crippen LogP contribution < -0.4 is 0 Å². The lowest BCUT2D eigenvalue weighted by atomic mass is 10.2. The molecule has 0 bridgehead atoms. The molecule has 0 aliphatic carbocycles. The normalized spacial score (nSPS) is 18.1. The Morgan fingerprint density at radius 2 is 1.97 bits per heavy atom. The van der Waals surface area contributed by atoms with Crippen molar-refractivity contribution in [3.05, 3.63) is 78.2 Å². The minimum absolute atomic E-state index is 0.0579. The van der Waals surface area contributed by atoms with Crippen molar-refractivity contribution in [1.29, 1.82) is 0 Å². The summed E-state index contributed by atoms with van der Waals surface area (Å²) in [5.74, 6) is 0.905. The molecule has 1 unspecified atom stereocenters. The van der Waals surface area contributed by atoms with E-state index in [9.17, 15) is 17.6 Å². The van der Waals surface area contributed by atoms with Gasteiger partial charge in [0.15, 0.2) is 9.84 Å². The highest BCUT2D eigenvalue weighted by atomic mass is 32.2. The van der Waals surface area contributed by atoms with Gasteiger partial charge in [-0.1, -0.05) is 0 Å². The minimum Gasteiger partial charge on any atom is -0.465 e. The van der Waals surface area contributed by atoms with Crippen LogP contribution in [0.25, 0.3) is 17.4 Å². The standard InChI is InChI=1S/C22H20FNO5S/c23-17-5-3-16(4-6-17)21-9-7-20(29-21)14-24(18-11-13-30(26,27)15-18)22(25)10-8-19-2-1-12-28-19/h1-10,12,18H,11,13-15H2/b10-8+. The van der Waals surface area contributed by atoms with Gasteiger partial charge in [0.1, 0.15) is 23.1 Å². The van der Waals surface area contributed by atoms with Gasteiger partial charge in [0, 0.05) is 17.7 Å². The number of amides is 1. The van der Waals surface area contributed by atoms with Gasteiger partial charge in [-0.2, -0.15) is 0 Å². The zero-order valence-electron chi connectivity index (χ0n) is 16.0. The summed E-state index contributed by atoms with van der Waals surface area (Å²) < 4.78 is 48.1. The molecule has 3 aromatic rings. The van der Waals surface area contributed by atoms with Crippen molar-refractivity contribution < 1.29 is 26.4 Å². The summed E-state index contributed by atoms with van der Waals surface area (Å²) in [5.41, 5.74) is 0.710. The Morgan fingerprint density at radius 3 is 2.63 bits per heavy atom. The van der Waals surface area contributed by atoms with Crippen molar-refractivity contribution in [2.24, 2.45) is 0 Å². The predicted octanol–water partition coefficient (Wildman–Crippen LogP) is 3.91. The SMILES string of the molecule is O=C(/C=C/c1ccco1)N(Cc1ccc(-c2ccc(F)cc2)o1)C1CCS(=O)(=O)C1. The van der Waals surface area contributed by atoms with Crippen LogP contribution in [0.3, 0.4) is 0 Å². The van der Waals surface area contributed by atoms with Gasteiger partial charge in [0.2, 0.25) is 5.91 Å². The van der Waals surface area contributed by atoms with Crippen LogP contribution in [0.15, 0.2) is 69.7 Å². The van der Waals surface area contributed by atoms with E-state index in [1.54, 1.807) is 42.5 Å². The molecule has 1 amide bonds. The number of hydrogen-bond donors (Lipinski definition) is 0. The van der Waals surface area contributed by atoms with Crippen LogP contribution in [0, 0.1) is 5.82 Å². The van der Waals surface area contributed by atoms with E-state index in [0.717, 1.165) is 0 Å². The van der Waals surface area contributed by atoms with Gasteiger partial charge in [-0.15, -0.1) is 0 Å². The Balaban J connectivity index is 1.55. The molecule has 2 aromatic heterocycles. The Morgan fingerprint density at radius 1 is 1.17 bits per heavy atom. The molecule has 4 rings (SSSR count). The molecular formula is C22H20FNO5S. The van der Waals surface area contributed by atoms with Crippen LogP contribution in [0.2, 0.25) is 0 Å². The Hall–Kier alpha value is -3.13. The summed E-state index contributed by atoms with van der Waals surface area (Å²) in [4.78, 5) is 14.4. The molecule has 1 aromatic carbocycles. The fourth-order valence-electron chi connectivity index (χ4n) is 3.44. The summed E-state index contributed by atoms with van der Waals surface area (Å²) >= 11 is 0. The molecular weight excluding hydrogens is 409 g/mol. The van der Waals surface area contributed by atoms with Gasteiger partial charge in [-0.3, -0.25) is 4.79 Å². The summed E-state index contributed by atoms with van der Waals surface area (Å²) in [5, 5.41) is 0. The van der Waals surface area contributed by atoms with Gasteiger partial charge in [0.25, 0.3) is 0 Å². The van der Waals surface area contributed by atoms with Crippen LogP contribution in [0.4, 0.5) is 4.39 Å². The smallest absolute Gasteiger partial charge is 0.247 e. The molecule has 0 spiro atoms. The van der Waals surface area contributed by atoms with Crippen molar-refractivity contribution in [3.8, 4) is 11.3 Å². The quantitative estimate of drug-likeness (QED) is 0.555. The van der Waals surface area contributed by atoms with E-state index in [2.05, 4.69) is 0 Å². The average Bonchev–Trinajstić information content (AvgIpc) is 3.46. The molecule has 8 heteroatoms. The number of nitrogens with zero attached hydrogens (tertiary/aromatic N) is 1. The fourth-order valence-corrected chi connectivity index (χ4v) is 5.17. The van der Waals surface area contributed by atoms with Gasteiger partial charge < -0.3 is 13.7 Å². The molecule has 30 heavy (non-hydrogen) atoms. The van der Waals surface area contributed by atoms with Gasteiger partial charge in [0.05, 0.1) is 24.3 Å². The molecule has 6 nitrogen and oxygen atoms in total. The predicted molar refractivity (Wildman–Crippen MR) is 109 cm³/mol. The lowest BCUT2D eigenvalue weighted by Crippen LogP contribution is -2.39. The lowest BCUT2D eigenvalue weighted by molar-refractivity contribution is -0.128. The summed E-state index contributed by atoms with van der Waals surface area (Å²) in [6, 6.07) is 12.4. The fraction of sp³-hybridized carbons (Fsp3) is 0.227. The minimum atomic E-state index is -3.17. The molecule has 0 saturated carbocycles. The van der Waals surface area contributed by atoms with Crippen LogP contribution in [0.5, 0.6) is 0 Å². The summed E-state index contributed by atoms with van der Waals surface area (Å²) in [6.45, 7) is 0.128. The van der Waals surface area contributed by atoms with E-state index in [-0.39, 0.29) is 29.8 Å². The lowest BCUT2D eigenvalue weighted by Gasteiger charge is -2.26. The summed E-state index contributed by atoms with van der Waals surface area (Å²) in [7, 11) is -3.17.